The zero-order chi connectivity index (χ0) is 21.4. The molecule has 1 fully saturated rings. The molecule has 5 heteroatoms. The molecule has 1 aliphatic carbocycles. The number of aldehydes is 1. The van der Waals surface area contributed by atoms with Crippen LogP contribution in [-0.2, 0) is 14.3 Å². The first-order valence-electron chi connectivity index (χ1n) is 9.77. The molecule has 1 aliphatic heterocycles. The summed E-state index contributed by atoms with van der Waals surface area (Å²) in [5, 5.41) is 19.0. The largest absolute Gasteiger partial charge is 0.516 e. The zero-order valence-electron chi connectivity index (χ0n) is 17.3. The maximum Gasteiger partial charge on any atom is 0.146 e. The highest BCUT2D eigenvalue weighted by Gasteiger charge is 2.53. The van der Waals surface area contributed by atoms with Crippen molar-refractivity contribution >= 4 is 6.29 Å². The highest BCUT2D eigenvalue weighted by atomic mass is 16.5. The Morgan fingerprint density at radius 3 is 2.69 bits per heavy atom. The Kier molecular flexibility index (Phi) is 8.00. The number of rotatable bonds is 7. The standard InChI is InChI=1S/C24H30O5/c1-5-17-8-10-18(16-27)21(11-9-17)24(28-4)19(6-2)22(12-14-25)29-23(13-15-26)20(24)7-3/h6-9,11-14,16,19,22,25-26H,2,5,10,15H2,1,3-4H3/b14-12+,20-7+,23-13+. The highest BCUT2D eigenvalue weighted by molar-refractivity contribution is 5.79. The Bertz CT molecular complexity index is 809. The third kappa shape index (κ3) is 4.07. The van der Waals surface area contributed by atoms with E-state index in [9.17, 15) is 15.0 Å². The first-order valence-corrected chi connectivity index (χ1v) is 9.77. The van der Waals surface area contributed by atoms with Crippen LogP contribution >= 0.6 is 0 Å². The van der Waals surface area contributed by atoms with Crippen LogP contribution in [0.5, 0.6) is 0 Å². The minimum atomic E-state index is -1.08. The zero-order valence-corrected chi connectivity index (χ0v) is 17.3. The monoisotopic (exact) mass is 398 g/mol. The van der Waals surface area contributed by atoms with Gasteiger partial charge in [-0.15, -0.1) is 6.58 Å². The van der Waals surface area contributed by atoms with E-state index >= 15 is 0 Å². The van der Waals surface area contributed by atoms with Crippen LogP contribution in [0.2, 0.25) is 0 Å². The molecule has 5 nitrogen and oxygen atoms in total. The Labute approximate surface area is 172 Å². The fourth-order valence-corrected chi connectivity index (χ4v) is 4.15. The van der Waals surface area contributed by atoms with Gasteiger partial charge < -0.3 is 19.7 Å². The second-order valence-electron chi connectivity index (χ2n) is 6.81. The molecule has 2 aliphatic rings. The summed E-state index contributed by atoms with van der Waals surface area (Å²) in [7, 11) is 1.59. The first-order chi connectivity index (χ1) is 14.1. The van der Waals surface area contributed by atoms with Gasteiger partial charge in [-0.05, 0) is 37.5 Å². The van der Waals surface area contributed by atoms with Crippen molar-refractivity contribution in [3.63, 3.8) is 0 Å². The minimum Gasteiger partial charge on any atom is -0.516 e. The molecule has 0 aromatic heterocycles. The number of carbonyl (C=O) groups excluding carboxylic acids is 1. The summed E-state index contributed by atoms with van der Waals surface area (Å²) in [5.41, 5.74) is 2.07. The number of allylic oxidation sites excluding steroid dienone is 5. The average molecular weight is 398 g/mol. The normalized spacial score (nSPS) is 30.4. The van der Waals surface area contributed by atoms with Gasteiger partial charge in [-0.1, -0.05) is 42.9 Å². The summed E-state index contributed by atoms with van der Waals surface area (Å²) in [5.74, 6) is 0.00726. The van der Waals surface area contributed by atoms with Crippen LogP contribution in [0.1, 0.15) is 26.7 Å². The van der Waals surface area contributed by atoms with Crippen molar-refractivity contribution < 1.29 is 24.5 Å². The quantitative estimate of drug-likeness (QED) is 0.381. The lowest BCUT2D eigenvalue weighted by Gasteiger charge is -2.49. The molecule has 0 bridgehead atoms. The van der Waals surface area contributed by atoms with Crippen LogP contribution < -0.4 is 0 Å². The highest BCUT2D eigenvalue weighted by Crippen LogP contribution is 2.50. The summed E-state index contributed by atoms with van der Waals surface area (Å²) < 4.78 is 12.2. The number of hydrogen-bond donors (Lipinski definition) is 2. The Morgan fingerprint density at radius 2 is 2.17 bits per heavy atom. The first kappa shape index (κ1) is 22.7. The molecule has 1 heterocycles. The van der Waals surface area contributed by atoms with E-state index < -0.39 is 17.6 Å². The van der Waals surface area contributed by atoms with Crippen molar-refractivity contribution in [2.45, 2.75) is 38.4 Å². The topological polar surface area (TPSA) is 76.0 Å². The van der Waals surface area contributed by atoms with Crippen LogP contribution in [0.15, 0.2) is 83.4 Å². The van der Waals surface area contributed by atoms with Gasteiger partial charge in [0.15, 0.2) is 0 Å². The van der Waals surface area contributed by atoms with E-state index in [0.29, 0.717) is 23.3 Å². The van der Waals surface area contributed by atoms with E-state index in [1.54, 1.807) is 19.3 Å². The van der Waals surface area contributed by atoms with Crippen molar-refractivity contribution in [2.75, 3.05) is 13.7 Å². The lowest BCUT2D eigenvalue weighted by molar-refractivity contribution is -0.105. The maximum atomic E-state index is 12.1. The smallest absolute Gasteiger partial charge is 0.146 e. The molecule has 0 spiro atoms. The van der Waals surface area contributed by atoms with Gasteiger partial charge in [-0.2, -0.15) is 0 Å². The average Bonchev–Trinajstić information content (AvgIpc) is 2.95. The molecule has 156 valence electrons. The summed E-state index contributed by atoms with van der Waals surface area (Å²) in [4.78, 5) is 12.1. The molecule has 0 aromatic carbocycles. The third-order valence-electron chi connectivity index (χ3n) is 5.51. The SMILES string of the molecule is C=CC1C(/C=C/O)OC(=C/CO)/C(=C\C)C1(OC)C1=C(C=O)CC=C(CC)C=C1. The number of methoxy groups -OCH3 is 1. The molecule has 0 aromatic rings. The fourth-order valence-electron chi connectivity index (χ4n) is 4.15. The lowest BCUT2D eigenvalue weighted by Crippen LogP contribution is -2.52. The van der Waals surface area contributed by atoms with Crippen molar-refractivity contribution in [1.82, 2.24) is 0 Å². The van der Waals surface area contributed by atoms with Crippen LogP contribution in [0, 0.1) is 5.92 Å². The predicted octanol–water partition coefficient (Wildman–Crippen LogP) is 4.26. The second kappa shape index (κ2) is 10.2. The molecule has 1 saturated heterocycles. The van der Waals surface area contributed by atoms with Gasteiger partial charge in [0, 0.05) is 18.3 Å². The van der Waals surface area contributed by atoms with E-state index in [1.807, 2.05) is 31.2 Å². The second-order valence-corrected chi connectivity index (χ2v) is 6.81. The minimum absolute atomic E-state index is 0.224. The van der Waals surface area contributed by atoms with E-state index in [0.717, 1.165) is 30.1 Å². The van der Waals surface area contributed by atoms with Gasteiger partial charge in [0.2, 0.25) is 0 Å². The number of aliphatic hydroxyl groups excluding tert-OH is 2. The van der Waals surface area contributed by atoms with Gasteiger partial charge in [-0.3, -0.25) is 4.79 Å². The molecule has 0 amide bonds. The van der Waals surface area contributed by atoms with E-state index in [2.05, 4.69) is 13.5 Å². The molecule has 29 heavy (non-hydrogen) atoms. The number of hydrogen-bond acceptors (Lipinski definition) is 5. The van der Waals surface area contributed by atoms with Crippen molar-refractivity contribution in [3.8, 4) is 0 Å². The third-order valence-corrected chi connectivity index (χ3v) is 5.51. The summed E-state index contributed by atoms with van der Waals surface area (Å²) in [6, 6.07) is 0. The van der Waals surface area contributed by atoms with Crippen molar-refractivity contribution in [1.29, 1.82) is 0 Å². The van der Waals surface area contributed by atoms with Gasteiger partial charge in [-0.25, -0.2) is 0 Å². The number of ether oxygens (including phenoxy) is 2. The molecular weight excluding hydrogens is 368 g/mol. The number of aliphatic hydroxyl groups is 2. The van der Waals surface area contributed by atoms with Crippen molar-refractivity contribution in [2.24, 2.45) is 5.92 Å². The van der Waals surface area contributed by atoms with Crippen LogP contribution in [0.4, 0.5) is 0 Å². The van der Waals surface area contributed by atoms with Gasteiger partial charge >= 0.3 is 0 Å². The summed E-state index contributed by atoms with van der Waals surface area (Å²) in [6.45, 7) is 7.68. The van der Waals surface area contributed by atoms with Crippen LogP contribution in [-0.4, -0.2) is 41.9 Å². The molecular formula is C24H30O5. The fraction of sp³-hybridized carbons (Fsp3) is 0.375. The van der Waals surface area contributed by atoms with Crippen LogP contribution in [0.25, 0.3) is 0 Å². The molecule has 3 atom stereocenters. The van der Waals surface area contributed by atoms with Crippen molar-refractivity contribution in [3.05, 3.63) is 83.4 Å². The Balaban J connectivity index is 2.86. The Hall–Kier alpha value is -2.63. The summed E-state index contributed by atoms with van der Waals surface area (Å²) >= 11 is 0. The van der Waals surface area contributed by atoms with Gasteiger partial charge in [0.25, 0.3) is 0 Å². The maximum absolute atomic E-state index is 12.1. The molecule has 0 radical (unpaired) electrons. The number of carbonyl (C=O) groups is 1. The Morgan fingerprint density at radius 1 is 1.41 bits per heavy atom. The molecule has 2 rings (SSSR count). The summed E-state index contributed by atoms with van der Waals surface area (Å²) in [6.07, 6.45) is 15.1. The van der Waals surface area contributed by atoms with E-state index in [4.69, 9.17) is 9.47 Å². The van der Waals surface area contributed by atoms with E-state index in [1.165, 1.54) is 6.08 Å². The molecule has 0 saturated carbocycles. The predicted molar refractivity (Wildman–Crippen MR) is 114 cm³/mol. The molecule has 3 unspecified atom stereocenters. The van der Waals surface area contributed by atoms with Gasteiger partial charge in [0.1, 0.15) is 23.8 Å². The van der Waals surface area contributed by atoms with Gasteiger partial charge in [0.05, 0.1) is 18.8 Å². The van der Waals surface area contributed by atoms with E-state index in [-0.39, 0.29) is 6.61 Å². The molecule has 2 N–H and O–H groups in total. The van der Waals surface area contributed by atoms with Crippen LogP contribution in [0.3, 0.4) is 0 Å². The lowest BCUT2D eigenvalue weighted by atomic mass is 9.68.